The maximum absolute atomic E-state index is 2.64. The standard InChI is InChI=1S/C94H96BN3/c1-88(2,3)67-32-23-62(24-33-67)66-54-85-87-86(55-66)97(71-38-27-61(28-39-71)64-30-42-76-78(52-64)94(16,17)50-48-92(76,12)13)84-58-72(98-81-45-34-68(89(4,5)6)56-73(81)74-57-69(90(7,8)9)35-46-82(74)98)40-43-79(84)95(87)80-53-65(59-21-19-18-20-22-59)31-44-83(80)96(85)70-36-25-60(26-37-70)63-29-41-75-77(51-63)93(14,15)49-47-91(75,10)11/h18-46,51-58H,47-50H2,1-17H3. The van der Waals surface area contributed by atoms with Gasteiger partial charge in [0, 0.05) is 50.6 Å². The van der Waals surface area contributed by atoms with E-state index in [4.69, 9.17) is 0 Å². The molecule has 3 nitrogen and oxygen atoms in total. The van der Waals surface area contributed by atoms with Crippen molar-refractivity contribution in [3.63, 3.8) is 0 Å². The molecular formula is C94H96BN3. The SMILES string of the molecule is CC(C)(C)c1ccc(-c2cc3c4c(c2)N(c2ccc(-c5ccc6c(c5)C(C)(C)CCC6(C)C)cc2)c2cc(-n5c6ccc(C(C)(C)C)cc6c6cc(C(C)(C)C)ccc65)ccc2B4c2cc(-c4ccccc4)ccc2N3c2ccc(-c3ccc4c(c3)C(C)(C)CCC4(C)C)cc2)cc1. The minimum absolute atomic E-state index is 0.00116. The third kappa shape index (κ3) is 10.5. The number of nitrogens with zero attached hydrogens (tertiary/aromatic N) is 3. The summed E-state index contributed by atoms with van der Waals surface area (Å²) >= 11 is 0. The van der Waals surface area contributed by atoms with E-state index in [1.54, 1.807) is 0 Å². The van der Waals surface area contributed by atoms with Gasteiger partial charge in [-0.25, -0.2) is 0 Å². The summed E-state index contributed by atoms with van der Waals surface area (Å²) in [5, 5.41) is 2.57. The summed E-state index contributed by atoms with van der Waals surface area (Å²) < 4.78 is 2.55. The Hall–Kier alpha value is -9.12. The number of hydrogen-bond acceptors (Lipinski definition) is 2. The molecule has 0 saturated carbocycles. The third-order valence-electron chi connectivity index (χ3n) is 23.6. The zero-order chi connectivity index (χ0) is 68.5. The van der Waals surface area contributed by atoms with E-state index in [1.807, 2.05) is 0 Å². The summed E-state index contributed by atoms with van der Waals surface area (Å²) in [7, 11) is 0. The second kappa shape index (κ2) is 22.2. The highest BCUT2D eigenvalue weighted by atomic mass is 15.2. The Morgan fingerprint density at radius 1 is 0.286 bits per heavy atom. The molecule has 0 radical (unpaired) electrons. The van der Waals surface area contributed by atoms with Crippen LogP contribution < -0.4 is 26.2 Å². The van der Waals surface area contributed by atoms with E-state index >= 15 is 0 Å². The molecule has 11 aromatic carbocycles. The number of benzene rings is 11. The summed E-state index contributed by atoms with van der Waals surface area (Å²) in [4.78, 5) is 5.24. The van der Waals surface area contributed by atoms with Gasteiger partial charge in [-0.1, -0.05) is 263 Å². The molecule has 0 unspecified atom stereocenters. The molecular weight excluding hydrogens is 1180 g/mol. The molecule has 490 valence electrons. The van der Waals surface area contributed by atoms with Crippen molar-refractivity contribution >= 4 is 79.0 Å². The average molecular weight is 1280 g/mol. The number of anilines is 6. The lowest BCUT2D eigenvalue weighted by Gasteiger charge is -2.44. The molecule has 0 saturated heterocycles. The molecule has 98 heavy (non-hydrogen) atoms. The van der Waals surface area contributed by atoms with Gasteiger partial charge in [-0.05, 0) is 242 Å². The Labute approximate surface area is 584 Å². The molecule has 0 bridgehead atoms. The third-order valence-corrected chi connectivity index (χ3v) is 23.6. The minimum Gasteiger partial charge on any atom is -0.311 e. The first-order valence-electron chi connectivity index (χ1n) is 36.3. The molecule has 0 fully saturated rings. The van der Waals surface area contributed by atoms with Crippen LogP contribution in [-0.2, 0) is 37.9 Å². The van der Waals surface area contributed by atoms with E-state index in [0.717, 1.165) is 17.1 Å². The van der Waals surface area contributed by atoms with E-state index in [2.05, 4.69) is 357 Å². The van der Waals surface area contributed by atoms with Gasteiger partial charge < -0.3 is 14.4 Å². The second-order valence-electron chi connectivity index (χ2n) is 35.2. The summed E-state index contributed by atoms with van der Waals surface area (Å²) in [5.74, 6) is 0. The molecule has 0 spiro atoms. The predicted molar refractivity (Wildman–Crippen MR) is 423 cm³/mol. The zero-order valence-corrected chi connectivity index (χ0v) is 61.1. The molecule has 4 aliphatic rings. The molecule has 2 aliphatic carbocycles. The summed E-state index contributed by atoms with van der Waals surface area (Å²) in [6.45, 7) is 40.3. The molecule has 0 amide bonds. The van der Waals surface area contributed by atoms with Gasteiger partial charge >= 0.3 is 0 Å². The van der Waals surface area contributed by atoms with Crippen molar-refractivity contribution in [1.29, 1.82) is 0 Å². The van der Waals surface area contributed by atoms with Gasteiger partial charge in [0.15, 0.2) is 0 Å². The lowest BCUT2D eigenvalue weighted by molar-refractivity contribution is 0.332. The maximum atomic E-state index is 2.64. The fraction of sp³-hybridized carbons (Fsp3) is 0.298. The van der Waals surface area contributed by atoms with Crippen molar-refractivity contribution < 1.29 is 0 Å². The Morgan fingerprint density at radius 2 is 0.673 bits per heavy atom. The lowest BCUT2D eigenvalue weighted by Crippen LogP contribution is -2.61. The highest BCUT2D eigenvalue weighted by molar-refractivity contribution is 7.00. The molecule has 0 N–H and O–H groups in total. The number of hydrogen-bond donors (Lipinski definition) is 0. The minimum atomic E-state index is -0.126. The van der Waals surface area contributed by atoms with Crippen molar-refractivity contribution in [1.82, 2.24) is 4.57 Å². The van der Waals surface area contributed by atoms with Gasteiger partial charge in [0.25, 0.3) is 6.71 Å². The van der Waals surface area contributed by atoms with Crippen LogP contribution in [0.3, 0.4) is 0 Å². The molecule has 0 atom stereocenters. The van der Waals surface area contributed by atoms with Crippen LogP contribution in [0.1, 0.15) is 182 Å². The smallest absolute Gasteiger partial charge is 0.252 e. The summed E-state index contributed by atoms with van der Waals surface area (Å²) in [5.41, 5.74) is 34.6. The fourth-order valence-electron chi connectivity index (χ4n) is 17.2. The van der Waals surface area contributed by atoms with E-state index in [-0.39, 0.29) is 44.6 Å². The Morgan fingerprint density at radius 3 is 1.15 bits per heavy atom. The maximum Gasteiger partial charge on any atom is 0.252 e. The van der Waals surface area contributed by atoms with Crippen molar-refractivity contribution in [2.45, 2.75) is 181 Å². The summed E-state index contributed by atoms with van der Waals surface area (Å²) in [6.07, 6.45) is 4.75. The Bertz CT molecular complexity index is 5110. The van der Waals surface area contributed by atoms with Crippen LogP contribution in [0.5, 0.6) is 0 Å². The Kier molecular flexibility index (Phi) is 14.4. The van der Waals surface area contributed by atoms with Gasteiger partial charge in [0.2, 0.25) is 0 Å². The van der Waals surface area contributed by atoms with Crippen molar-refractivity contribution in [3.8, 4) is 50.2 Å². The first kappa shape index (κ1) is 63.6. The monoisotopic (exact) mass is 1280 g/mol. The van der Waals surface area contributed by atoms with Gasteiger partial charge in [-0.3, -0.25) is 0 Å². The Balaban J connectivity index is 0.957. The molecule has 4 heteroatoms. The fourth-order valence-corrected chi connectivity index (χ4v) is 17.2. The quantitative estimate of drug-likeness (QED) is 0.147. The van der Waals surface area contributed by atoms with Crippen molar-refractivity contribution in [2.75, 3.05) is 9.80 Å². The van der Waals surface area contributed by atoms with Crippen LogP contribution in [0.15, 0.2) is 224 Å². The van der Waals surface area contributed by atoms with Gasteiger partial charge in [-0.15, -0.1) is 0 Å². The molecule has 1 aromatic heterocycles. The highest BCUT2D eigenvalue weighted by Crippen LogP contribution is 2.52. The van der Waals surface area contributed by atoms with Crippen LogP contribution in [0.4, 0.5) is 34.1 Å². The van der Waals surface area contributed by atoms with E-state index in [9.17, 15) is 0 Å². The van der Waals surface area contributed by atoms with Crippen LogP contribution in [0.2, 0.25) is 0 Å². The van der Waals surface area contributed by atoms with Crippen LogP contribution in [0, 0.1) is 0 Å². The van der Waals surface area contributed by atoms with Crippen LogP contribution in [0.25, 0.3) is 72.0 Å². The van der Waals surface area contributed by atoms with Gasteiger partial charge in [0.05, 0.1) is 11.0 Å². The van der Waals surface area contributed by atoms with E-state index in [1.165, 1.54) is 170 Å². The first-order valence-corrected chi connectivity index (χ1v) is 36.3. The largest absolute Gasteiger partial charge is 0.311 e. The second-order valence-corrected chi connectivity index (χ2v) is 35.2. The predicted octanol–water partition coefficient (Wildman–Crippen LogP) is 24.1. The molecule has 2 aliphatic heterocycles. The van der Waals surface area contributed by atoms with Gasteiger partial charge in [0.1, 0.15) is 0 Å². The van der Waals surface area contributed by atoms with E-state index in [0.29, 0.717) is 0 Å². The van der Waals surface area contributed by atoms with E-state index < -0.39 is 0 Å². The number of fused-ring (bicyclic) bond motifs is 9. The topological polar surface area (TPSA) is 11.4 Å². The summed E-state index contributed by atoms with van der Waals surface area (Å²) in [6, 6.07) is 88.5. The zero-order valence-electron chi connectivity index (χ0n) is 61.1. The molecule has 12 aromatic rings. The molecule has 16 rings (SSSR count). The van der Waals surface area contributed by atoms with Gasteiger partial charge in [-0.2, -0.15) is 0 Å². The van der Waals surface area contributed by atoms with Crippen LogP contribution in [-0.4, -0.2) is 11.3 Å². The highest BCUT2D eigenvalue weighted by Gasteiger charge is 2.45. The first-order chi connectivity index (χ1) is 46.4. The molecule has 3 heterocycles. The number of aromatic nitrogens is 1. The normalized spacial score (nSPS) is 16.5. The van der Waals surface area contributed by atoms with Crippen molar-refractivity contribution in [3.05, 3.63) is 263 Å². The average Bonchev–Trinajstić information content (AvgIpc) is 0.779. The van der Waals surface area contributed by atoms with Crippen LogP contribution >= 0.6 is 0 Å². The van der Waals surface area contributed by atoms with Crippen molar-refractivity contribution in [2.24, 2.45) is 0 Å². The lowest BCUT2D eigenvalue weighted by atomic mass is 9.33. The number of rotatable bonds is 7.